The largest absolute Gasteiger partial charge is 0.459 e. The van der Waals surface area contributed by atoms with Crippen molar-refractivity contribution in [1.29, 1.82) is 0 Å². The predicted octanol–water partition coefficient (Wildman–Crippen LogP) is 6.69. The van der Waals surface area contributed by atoms with Gasteiger partial charge in [0.1, 0.15) is 11.5 Å². The van der Waals surface area contributed by atoms with E-state index in [1.165, 1.54) is 6.26 Å². The molecule has 4 aromatic carbocycles. The van der Waals surface area contributed by atoms with Gasteiger partial charge in [0.05, 0.1) is 6.26 Å². The molecule has 0 aliphatic rings. The van der Waals surface area contributed by atoms with E-state index in [9.17, 15) is 9.59 Å². The zero-order valence-electron chi connectivity index (χ0n) is 20.2. The second kappa shape index (κ2) is 11.3. The van der Waals surface area contributed by atoms with E-state index in [-0.39, 0.29) is 17.6 Å². The van der Waals surface area contributed by atoms with Gasteiger partial charge in [-0.25, -0.2) is 0 Å². The number of rotatable bonds is 9. The van der Waals surface area contributed by atoms with Gasteiger partial charge in [-0.2, -0.15) is 0 Å². The third-order valence-corrected chi connectivity index (χ3v) is 5.96. The quantitative estimate of drug-likeness (QED) is 0.234. The molecular weight excluding hydrogens is 464 g/mol. The van der Waals surface area contributed by atoms with Gasteiger partial charge < -0.3 is 19.4 Å². The van der Waals surface area contributed by atoms with Gasteiger partial charge in [0.15, 0.2) is 5.76 Å². The number of hydrogen-bond acceptors (Lipinski definition) is 4. The molecule has 0 fully saturated rings. The first-order chi connectivity index (χ1) is 18.2. The maximum Gasteiger partial charge on any atom is 0.293 e. The molecular formula is C31H26N2O4. The molecule has 0 aliphatic carbocycles. The maximum atomic E-state index is 13.2. The number of amides is 2. The third-order valence-electron chi connectivity index (χ3n) is 5.96. The number of benzene rings is 4. The fourth-order valence-electron chi connectivity index (χ4n) is 4.07. The average Bonchev–Trinajstić information content (AvgIpc) is 3.49. The van der Waals surface area contributed by atoms with Crippen molar-refractivity contribution in [2.45, 2.75) is 6.42 Å². The van der Waals surface area contributed by atoms with Gasteiger partial charge in [-0.15, -0.1) is 0 Å². The summed E-state index contributed by atoms with van der Waals surface area (Å²) in [5.74, 6) is 1.27. The Morgan fingerprint density at radius 1 is 0.757 bits per heavy atom. The Bertz CT molecular complexity index is 1480. The molecule has 1 heterocycles. The fourth-order valence-corrected chi connectivity index (χ4v) is 4.07. The molecule has 2 amide bonds. The Hall–Kier alpha value is -4.84. The molecule has 0 bridgehead atoms. The van der Waals surface area contributed by atoms with Crippen LogP contribution < -0.4 is 15.0 Å². The molecule has 0 atom stereocenters. The van der Waals surface area contributed by atoms with Gasteiger partial charge >= 0.3 is 0 Å². The van der Waals surface area contributed by atoms with E-state index >= 15 is 0 Å². The van der Waals surface area contributed by atoms with Crippen molar-refractivity contribution >= 4 is 28.3 Å². The van der Waals surface area contributed by atoms with Gasteiger partial charge in [0.25, 0.3) is 11.8 Å². The minimum Gasteiger partial charge on any atom is -0.459 e. The van der Waals surface area contributed by atoms with Crippen LogP contribution in [0.25, 0.3) is 10.8 Å². The Kier molecular flexibility index (Phi) is 7.27. The highest BCUT2D eigenvalue weighted by atomic mass is 16.5. The Morgan fingerprint density at radius 2 is 1.49 bits per heavy atom. The monoisotopic (exact) mass is 490 g/mol. The van der Waals surface area contributed by atoms with Crippen LogP contribution in [-0.4, -0.2) is 24.9 Å². The molecule has 0 aliphatic heterocycles. The zero-order chi connectivity index (χ0) is 25.5. The molecule has 1 N–H and O–H groups in total. The molecule has 0 saturated heterocycles. The van der Waals surface area contributed by atoms with Crippen LogP contribution in [0.2, 0.25) is 0 Å². The summed E-state index contributed by atoms with van der Waals surface area (Å²) in [6.07, 6.45) is 2.04. The number of nitrogens with one attached hydrogen (secondary N) is 1. The standard InChI is InChI=1S/C31H26N2O4/c34-30(25-14-13-23-8-4-5-9-24(23)22-25)32-19-7-20-33(31(35)29-12-6-21-36-29)26-15-17-28(18-16-26)37-27-10-2-1-3-11-27/h1-6,8-18,21-22H,7,19-20H2,(H,32,34). The van der Waals surface area contributed by atoms with E-state index in [0.717, 1.165) is 16.5 Å². The van der Waals surface area contributed by atoms with Crippen molar-refractivity contribution in [3.8, 4) is 11.5 Å². The van der Waals surface area contributed by atoms with Crippen LogP contribution in [-0.2, 0) is 0 Å². The van der Waals surface area contributed by atoms with E-state index in [1.54, 1.807) is 17.0 Å². The first kappa shape index (κ1) is 23.9. The highest BCUT2D eigenvalue weighted by Crippen LogP contribution is 2.25. The Morgan fingerprint density at radius 3 is 2.24 bits per heavy atom. The Labute approximate surface area is 215 Å². The molecule has 0 saturated carbocycles. The summed E-state index contributed by atoms with van der Waals surface area (Å²) < 4.78 is 11.2. The van der Waals surface area contributed by atoms with Gasteiger partial charge in [-0.1, -0.05) is 48.5 Å². The summed E-state index contributed by atoms with van der Waals surface area (Å²) in [6.45, 7) is 0.819. The van der Waals surface area contributed by atoms with E-state index in [0.29, 0.717) is 36.5 Å². The SMILES string of the molecule is O=C(NCCCN(C(=O)c1ccco1)c1ccc(Oc2ccccc2)cc1)c1ccc2ccccc2c1. The minimum absolute atomic E-state index is 0.142. The van der Waals surface area contributed by atoms with E-state index < -0.39 is 0 Å². The number of hydrogen-bond donors (Lipinski definition) is 1. The van der Waals surface area contributed by atoms with Crippen LogP contribution in [0.4, 0.5) is 5.69 Å². The number of nitrogens with zero attached hydrogens (tertiary/aromatic N) is 1. The molecule has 1 aromatic heterocycles. The predicted molar refractivity (Wildman–Crippen MR) is 144 cm³/mol. The van der Waals surface area contributed by atoms with E-state index in [4.69, 9.17) is 9.15 Å². The van der Waals surface area contributed by atoms with Crippen LogP contribution in [0, 0.1) is 0 Å². The summed E-state index contributed by atoms with van der Waals surface area (Å²) >= 11 is 0. The minimum atomic E-state index is -0.248. The number of ether oxygens (including phenoxy) is 1. The molecule has 6 heteroatoms. The number of fused-ring (bicyclic) bond motifs is 1. The van der Waals surface area contributed by atoms with E-state index in [2.05, 4.69) is 5.32 Å². The van der Waals surface area contributed by atoms with Crippen LogP contribution in [0.5, 0.6) is 11.5 Å². The van der Waals surface area contributed by atoms with Crippen LogP contribution >= 0.6 is 0 Å². The second-order valence-corrected chi connectivity index (χ2v) is 8.51. The second-order valence-electron chi connectivity index (χ2n) is 8.51. The lowest BCUT2D eigenvalue weighted by Gasteiger charge is -2.22. The number of para-hydroxylation sites is 1. The normalized spacial score (nSPS) is 10.7. The summed E-state index contributed by atoms with van der Waals surface area (Å²) in [6, 6.07) is 33.8. The topological polar surface area (TPSA) is 71.8 Å². The van der Waals surface area contributed by atoms with Crippen LogP contribution in [0.1, 0.15) is 27.3 Å². The van der Waals surface area contributed by atoms with Gasteiger partial charge in [-0.05, 0) is 77.9 Å². The highest BCUT2D eigenvalue weighted by molar-refractivity contribution is 6.04. The Balaban J connectivity index is 1.23. The van der Waals surface area contributed by atoms with Gasteiger partial charge in [-0.3, -0.25) is 9.59 Å². The lowest BCUT2D eigenvalue weighted by molar-refractivity contribution is 0.0953. The number of anilines is 1. The number of furan rings is 1. The van der Waals surface area contributed by atoms with Crippen molar-refractivity contribution < 1.29 is 18.7 Å². The molecule has 5 rings (SSSR count). The number of carbonyl (C=O) groups is 2. The first-order valence-electron chi connectivity index (χ1n) is 12.1. The van der Waals surface area contributed by atoms with Crippen molar-refractivity contribution in [2.75, 3.05) is 18.0 Å². The van der Waals surface area contributed by atoms with E-state index in [1.807, 2.05) is 97.1 Å². The van der Waals surface area contributed by atoms with Crippen LogP contribution in [0.3, 0.4) is 0 Å². The fraction of sp³-hybridized carbons (Fsp3) is 0.0968. The molecule has 5 aromatic rings. The van der Waals surface area contributed by atoms with Gasteiger partial charge in [0, 0.05) is 24.3 Å². The lowest BCUT2D eigenvalue weighted by Crippen LogP contribution is -2.34. The van der Waals surface area contributed by atoms with Crippen LogP contribution in [0.15, 0.2) is 120 Å². The zero-order valence-corrected chi connectivity index (χ0v) is 20.2. The van der Waals surface area contributed by atoms with Crippen molar-refractivity contribution in [2.24, 2.45) is 0 Å². The smallest absolute Gasteiger partial charge is 0.293 e. The highest BCUT2D eigenvalue weighted by Gasteiger charge is 2.20. The van der Waals surface area contributed by atoms with Crippen molar-refractivity contribution in [3.63, 3.8) is 0 Å². The molecule has 37 heavy (non-hydrogen) atoms. The summed E-state index contributed by atoms with van der Waals surface area (Å²) in [4.78, 5) is 27.5. The van der Waals surface area contributed by atoms with Crippen molar-refractivity contribution in [3.05, 3.63) is 127 Å². The third kappa shape index (κ3) is 5.87. The maximum absolute atomic E-state index is 13.2. The molecule has 6 nitrogen and oxygen atoms in total. The molecule has 184 valence electrons. The van der Waals surface area contributed by atoms with Gasteiger partial charge in [0.2, 0.25) is 0 Å². The first-order valence-corrected chi connectivity index (χ1v) is 12.1. The molecule has 0 radical (unpaired) electrons. The van der Waals surface area contributed by atoms with Crippen molar-refractivity contribution in [1.82, 2.24) is 5.32 Å². The molecule has 0 spiro atoms. The summed E-state index contributed by atoms with van der Waals surface area (Å²) in [7, 11) is 0. The average molecular weight is 491 g/mol. The number of carbonyl (C=O) groups excluding carboxylic acids is 2. The summed E-state index contributed by atoms with van der Waals surface area (Å²) in [5.41, 5.74) is 1.32. The summed E-state index contributed by atoms with van der Waals surface area (Å²) in [5, 5.41) is 5.07. The lowest BCUT2D eigenvalue weighted by atomic mass is 10.1. The molecule has 0 unspecified atom stereocenters.